The summed E-state index contributed by atoms with van der Waals surface area (Å²) >= 11 is 0. The number of fused-ring (bicyclic) bond motifs is 5. The van der Waals surface area contributed by atoms with Crippen molar-refractivity contribution in [2.75, 3.05) is 7.11 Å². The Morgan fingerprint density at radius 2 is 1.75 bits per heavy atom. The van der Waals surface area contributed by atoms with Crippen molar-refractivity contribution in [3.8, 4) is 0 Å². The van der Waals surface area contributed by atoms with Crippen LogP contribution in [0.1, 0.15) is 91.4 Å². The molecule has 9 atom stereocenters. The number of hydrogen-bond acceptors (Lipinski definition) is 3. The lowest BCUT2D eigenvalue weighted by Gasteiger charge is -2.61. The SMILES string of the molecule is COC(=O)CC[C@@H](C)C1CC[C@H]2[C@@H]3CCC4CC(O)CC[C@]4(C)[C@H]3CC[C@]12C. The van der Waals surface area contributed by atoms with E-state index < -0.39 is 0 Å². The number of ether oxygens (including phenoxy) is 1. The number of aliphatic hydroxyl groups is 1. The van der Waals surface area contributed by atoms with Crippen molar-refractivity contribution < 1.29 is 14.6 Å². The van der Waals surface area contributed by atoms with Gasteiger partial charge in [0.25, 0.3) is 0 Å². The number of aliphatic hydroxyl groups excluding tert-OH is 1. The third-order valence-corrected chi connectivity index (χ3v) is 10.4. The van der Waals surface area contributed by atoms with Gasteiger partial charge < -0.3 is 9.84 Å². The fourth-order valence-corrected chi connectivity index (χ4v) is 8.86. The Kier molecular flexibility index (Phi) is 5.61. The van der Waals surface area contributed by atoms with Crippen LogP contribution in [0.2, 0.25) is 0 Å². The Bertz CT molecular complexity index is 588. The molecule has 0 radical (unpaired) electrons. The Morgan fingerprint density at radius 1 is 1.04 bits per heavy atom. The maximum absolute atomic E-state index is 11.6. The van der Waals surface area contributed by atoms with Gasteiger partial charge in [-0.2, -0.15) is 0 Å². The number of hydrogen-bond donors (Lipinski definition) is 1. The second kappa shape index (κ2) is 7.60. The molecular formula is C25H42O3. The highest BCUT2D eigenvalue weighted by molar-refractivity contribution is 5.69. The molecule has 28 heavy (non-hydrogen) atoms. The van der Waals surface area contributed by atoms with E-state index in [2.05, 4.69) is 20.8 Å². The third-order valence-electron chi connectivity index (χ3n) is 10.4. The van der Waals surface area contributed by atoms with E-state index in [1.165, 1.54) is 52.1 Å². The molecule has 4 rings (SSSR count). The van der Waals surface area contributed by atoms with Crippen LogP contribution in [0.3, 0.4) is 0 Å². The zero-order valence-corrected chi connectivity index (χ0v) is 18.6. The molecule has 4 fully saturated rings. The fraction of sp³-hybridized carbons (Fsp3) is 0.960. The van der Waals surface area contributed by atoms with Crippen molar-refractivity contribution >= 4 is 5.97 Å². The predicted octanol–water partition coefficient (Wildman–Crippen LogP) is 5.60. The van der Waals surface area contributed by atoms with Crippen LogP contribution >= 0.6 is 0 Å². The summed E-state index contributed by atoms with van der Waals surface area (Å²) in [6.07, 6.45) is 13.1. The summed E-state index contributed by atoms with van der Waals surface area (Å²) in [5.74, 6) is 4.72. The van der Waals surface area contributed by atoms with Crippen LogP contribution in [0, 0.1) is 46.3 Å². The molecule has 1 N–H and O–H groups in total. The van der Waals surface area contributed by atoms with E-state index in [4.69, 9.17) is 4.74 Å². The summed E-state index contributed by atoms with van der Waals surface area (Å²) in [4.78, 5) is 11.6. The average molecular weight is 391 g/mol. The van der Waals surface area contributed by atoms with E-state index in [1.807, 2.05) is 0 Å². The van der Waals surface area contributed by atoms with Gasteiger partial charge in [-0.25, -0.2) is 0 Å². The molecule has 3 unspecified atom stereocenters. The van der Waals surface area contributed by atoms with Crippen LogP contribution in [-0.2, 0) is 9.53 Å². The minimum atomic E-state index is -0.0546. The Hall–Kier alpha value is -0.570. The molecule has 3 nitrogen and oxygen atoms in total. The minimum Gasteiger partial charge on any atom is -0.469 e. The van der Waals surface area contributed by atoms with Gasteiger partial charge in [0, 0.05) is 6.42 Å². The molecule has 0 aromatic rings. The predicted molar refractivity (Wildman–Crippen MR) is 112 cm³/mol. The maximum Gasteiger partial charge on any atom is 0.305 e. The Labute approximate surface area is 172 Å². The monoisotopic (exact) mass is 390 g/mol. The highest BCUT2D eigenvalue weighted by atomic mass is 16.5. The molecule has 0 spiro atoms. The standard InChI is InChI=1S/C25H42O3/c1-16(5-10-23(27)28-4)20-8-9-21-19-7-6-17-15-18(26)11-13-24(17,2)22(19)12-14-25(20,21)3/h16-22,26H,5-15H2,1-4H3/t16-,17?,18?,19+,20?,21+,22+,24+,25-/m1/s1. The van der Waals surface area contributed by atoms with Crippen LogP contribution in [-0.4, -0.2) is 24.3 Å². The molecule has 0 bridgehead atoms. The van der Waals surface area contributed by atoms with Crippen molar-refractivity contribution in [2.45, 2.75) is 97.5 Å². The molecule has 4 aliphatic carbocycles. The summed E-state index contributed by atoms with van der Waals surface area (Å²) in [6.45, 7) is 7.56. The zero-order valence-electron chi connectivity index (χ0n) is 18.6. The molecule has 160 valence electrons. The maximum atomic E-state index is 11.6. The van der Waals surface area contributed by atoms with Crippen molar-refractivity contribution in [1.29, 1.82) is 0 Å². The van der Waals surface area contributed by atoms with E-state index >= 15 is 0 Å². The molecule has 0 saturated heterocycles. The van der Waals surface area contributed by atoms with Gasteiger partial charge in [0.15, 0.2) is 0 Å². The van der Waals surface area contributed by atoms with E-state index in [-0.39, 0.29) is 12.1 Å². The number of rotatable bonds is 4. The Morgan fingerprint density at radius 3 is 2.50 bits per heavy atom. The van der Waals surface area contributed by atoms with Crippen LogP contribution in [0.15, 0.2) is 0 Å². The first-order valence-corrected chi connectivity index (χ1v) is 12.0. The normalized spacial score (nSPS) is 48.9. The van der Waals surface area contributed by atoms with Crippen LogP contribution in [0.25, 0.3) is 0 Å². The zero-order chi connectivity index (χ0) is 20.1. The van der Waals surface area contributed by atoms with Gasteiger partial charge in [-0.1, -0.05) is 20.8 Å². The lowest BCUT2D eigenvalue weighted by atomic mass is 9.44. The summed E-state index contributed by atoms with van der Waals surface area (Å²) in [6, 6.07) is 0. The highest BCUT2D eigenvalue weighted by Gasteiger charge is 2.60. The van der Waals surface area contributed by atoms with E-state index in [0.717, 1.165) is 48.9 Å². The minimum absolute atomic E-state index is 0.0463. The second-order valence-electron chi connectivity index (χ2n) is 11.4. The summed E-state index contributed by atoms with van der Waals surface area (Å²) in [7, 11) is 1.50. The number of esters is 1. The summed E-state index contributed by atoms with van der Waals surface area (Å²) in [5, 5.41) is 10.2. The first kappa shape index (κ1) is 20.7. The molecule has 4 saturated carbocycles. The van der Waals surface area contributed by atoms with Gasteiger partial charge in [-0.15, -0.1) is 0 Å². The topological polar surface area (TPSA) is 46.5 Å². The Balaban J connectivity index is 1.48. The molecule has 4 aliphatic rings. The van der Waals surface area contributed by atoms with Crippen molar-refractivity contribution in [3.63, 3.8) is 0 Å². The van der Waals surface area contributed by atoms with E-state index in [0.29, 0.717) is 23.2 Å². The first-order valence-electron chi connectivity index (χ1n) is 12.0. The van der Waals surface area contributed by atoms with Crippen molar-refractivity contribution in [1.82, 2.24) is 0 Å². The highest BCUT2D eigenvalue weighted by Crippen LogP contribution is 2.68. The van der Waals surface area contributed by atoms with Crippen LogP contribution < -0.4 is 0 Å². The molecular weight excluding hydrogens is 348 g/mol. The van der Waals surface area contributed by atoms with Crippen LogP contribution in [0.5, 0.6) is 0 Å². The summed E-state index contributed by atoms with van der Waals surface area (Å²) in [5.41, 5.74) is 0.937. The van der Waals surface area contributed by atoms with E-state index in [9.17, 15) is 9.90 Å². The van der Waals surface area contributed by atoms with Crippen LogP contribution in [0.4, 0.5) is 0 Å². The molecule has 0 aliphatic heterocycles. The third kappa shape index (κ3) is 3.24. The molecule has 0 aromatic carbocycles. The quantitative estimate of drug-likeness (QED) is 0.636. The van der Waals surface area contributed by atoms with Gasteiger partial charge in [0.05, 0.1) is 13.2 Å². The number of methoxy groups -OCH3 is 1. The molecule has 3 heteroatoms. The fourth-order valence-electron chi connectivity index (χ4n) is 8.86. The lowest BCUT2D eigenvalue weighted by molar-refractivity contribution is -0.141. The molecule has 0 aromatic heterocycles. The van der Waals surface area contributed by atoms with Crippen molar-refractivity contribution in [3.05, 3.63) is 0 Å². The lowest BCUT2D eigenvalue weighted by Crippen LogP contribution is -2.54. The van der Waals surface area contributed by atoms with Gasteiger partial charge in [-0.05, 0) is 111 Å². The summed E-state index contributed by atoms with van der Waals surface area (Å²) < 4.78 is 4.88. The molecule has 0 amide bonds. The molecule has 0 heterocycles. The van der Waals surface area contributed by atoms with Crippen molar-refractivity contribution in [2.24, 2.45) is 46.3 Å². The number of carbonyl (C=O) groups is 1. The van der Waals surface area contributed by atoms with Gasteiger partial charge >= 0.3 is 5.97 Å². The van der Waals surface area contributed by atoms with Gasteiger partial charge in [0.2, 0.25) is 0 Å². The van der Waals surface area contributed by atoms with E-state index in [1.54, 1.807) is 0 Å². The van der Waals surface area contributed by atoms with Gasteiger partial charge in [0.1, 0.15) is 0 Å². The van der Waals surface area contributed by atoms with Gasteiger partial charge in [-0.3, -0.25) is 4.79 Å². The smallest absolute Gasteiger partial charge is 0.305 e. The average Bonchev–Trinajstić information content (AvgIpc) is 3.03. The number of carbonyl (C=O) groups excluding carboxylic acids is 1. The largest absolute Gasteiger partial charge is 0.469 e. The first-order chi connectivity index (χ1) is 13.3. The second-order valence-corrected chi connectivity index (χ2v) is 11.4.